The zero-order valence-corrected chi connectivity index (χ0v) is 25.9. The molecule has 6 aromatic carbocycles. The smallest absolute Gasteiger partial charge is 0.127 e. The fourth-order valence-corrected chi connectivity index (χ4v) is 9.90. The summed E-state index contributed by atoms with van der Waals surface area (Å²) in [6.45, 7) is 0. The minimum Gasteiger partial charge on any atom is -0.309 e. The van der Waals surface area contributed by atoms with Crippen molar-refractivity contribution in [2.24, 2.45) is 0 Å². The van der Waals surface area contributed by atoms with Gasteiger partial charge in [0.25, 0.3) is 0 Å². The van der Waals surface area contributed by atoms with Gasteiger partial charge in [-0.1, -0.05) is 72.8 Å². The van der Waals surface area contributed by atoms with Crippen molar-refractivity contribution >= 4 is 107 Å². The minimum absolute atomic E-state index is 1.01. The van der Waals surface area contributed by atoms with E-state index >= 15 is 0 Å². The molecule has 214 valence electrons. The van der Waals surface area contributed by atoms with Crippen LogP contribution < -0.4 is 0 Å². The van der Waals surface area contributed by atoms with Crippen LogP contribution in [0.3, 0.4) is 0 Å². The highest BCUT2D eigenvalue weighted by Crippen LogP contribution is 2.51. The molecule has 0 saturated carbocycles. The standard InChI is InChI=1S/C40H22N4S2/c1-2-10-23(11-3-1)43-30-15-7-4-13-26(30)34-35-29-21-41-22-42-40(29)46-39(35)38-36(37(34)43)27-14-5-8-16-31(27)44(38)24-18-19-33-28(20-24)25-12-6-9-17-32(25)45-33/h1-22H. The van der Waals surface area contributed by atoms with E-state index in [9.17, 15) is 0 Å². The number of benzene rings is 6. The Morgan fingerprint density at radius 2 is 1.15 bits per heavy atom. The van der Waals surface area contributed by atoms with Crippen molar-refractivity contribution < 1.29 is 0 Å². The van der Waals surface area contributed by atoms with Crippen LogP contribution in [0.25, 0.3) is 95.5 Å². The van der Waals surface area contributed by atoms with Gasteiger partial charge in [-0.2, -0.15) is 0 Å². The van der Waals surface area contributed by atoms with Crippen LogP contribution in [0.1, 0.15) is 0 Å². The lowest BCUT2D eigenvalue weighted by molar-refractivity contribution is 1.18. The van der Waals surface area contributed by atoms with Crippen LogP contribution in [0.15, 0.2) is 134 Å². The predicted octanol–water partition coefficient (Wildman–Crippen LogP) is 11.4. The second-order valence-electron chi connectivity index (χ2n) is 11.8. The van der Waals surface area contributed by atoms with Gasteiger partial charge in [0, 0.05) is 70.1 Å². The molecular weight excluding hydrogens is 601 g/mol. The molecule has 0 unspecified atom stereocenters. The first-order valence-electron chi connectivity index (χ1n) is 15.3. The van der Waals surface area contributed by atoms with E-state index in [1.807, 2.05) is 17.5 Å². The highest BCUT2D eigenvalue weighted by molar-refractivity contribution is 7.26. The Labute approximate surface area is 270 Å². The van der Waals surface area contributed by atoms with E-state index < -0.39 is 0 Å². The molecule has 0 atom stereocenters. The van der Waals surface area contributed by atoms with Gasteiger partial charge in [-0.05, 0) is 48.5 Å². The second-order valence-corrected chi connectivity index (χ2v) is 13.9. The summed E-state index contributed by atoms with van der Waals surface area (Å²) >= 11 is 3.63. The highest BCUT2D eigenvalue weighted by Gasteiger charge is 2.27. The molecule has 0 bridgehead atoms. The van der Waals surface area contributed by atoms with Crippen LogP contribution in [0.4, 0.5) is 0 Å². The van der Waals surface area contributed by atoms with Gasteiger partial charge in [-0.15, -0.1) is 22.7 Å². The normalized spacial score (nSPS) is 12.3. The molecule has 5 heterocycles. The third kappa shape index (κ3) is 3.12. The SMILES string of the molecule is c1ccc(-n2c3ccccc3c3c4c5cncnc5sc4c4c(c5ccccc5n4-c4ccc5sc6ccccc6c5c4)c32)cc1. The molecule has 11 rings (SSSR count). The van der Waals surface area contributed by atoms with E-state index in [1.54, 1.807) is 17.7 Å². The number of nitrogens with zero attached hydrogens (tertiary/aromatic N) is 4. The summed E-state index contributed by atoms with van der Waals surface area (Å²) in [6, 6.07) is 44.2. The number of fused-ring (bicyclic) bond motifs is 15. The molecule has 6 heteroatoms. The maximum atomic E-state index is 4.79. The molecule has 0 N–H and O–H groups in total. The Hall–Kier alpha value is -5.56. The quantitative estimate of drug-likeness (QED) is 0.192. The molecule has 11 aromatic rings. The summed E-state index contributed by atoms with van der Waals surface area (Å²) in [4.78, 5) is 10.3. The Bertz CT molecular complexity index is 3030. The van der Waals surface area contributed by atoms with Gasteiger partial charge >= 0.3 is 0 Å². The lowest BCUT2D eigenvalue weighted by atomic mass is 10.0. The first kappa shape index (κ1) is 24.7. The van der Waals surface area contributed by atoms with Gasteiger partial charge in [-0.3, -0.25) is 0 Å². The fourth-order valence-electron chi connectivity index (χ4n) is 7.65. The summed E-state index contributed by atoms with van der Waals surface area (Å²) in [5.74, 6) is 0. The first-order valence-corrected chi connectivity index (χ1v) is 17.0. The van der Waals surface area contributed by atoms with Gasteiger partial charge in [0.05, 0.1) is 26.8 Å². The van der Waals surface area contributed by atoms with E-state index in [-0.39, 0.29) is 0 Å². The molecule has 0 aliphatic heterocycles. The predicted molar refractivity (Wildman–Crippen MR) is 196 cm³/mol. The molecule has 0 amide bonds. The molecule has 0 spiro atoms. The minimum atomic E-state index is 1.01. The van der Waals surface area contributed by atoms with Gasteiger partial charge in [0.1, 0.15) is 11.2 Å². The van der Waals surface area contributed by atoms with Crippen molar-refractivity contribution in [3.05, 3.63) is 134 Å². The molecule has 0 saturated heterocycles. The monoisotopic (exact) mass is 622 g/mol. The van der Waals surface area contributed by atoms with Crippen molar-refractivity contribution in [2.75, 3.05) is 0 Å². The maximum absolute atomic E-state index is 4.79. The number of thiophene rings is 2. The van der Waals surface area contributed by atoms with Gasteiger partial charge in [-0.25, -0.2) is 9.97 Å². The van der Waals surface area contributed by atoms with Crippen molar-refractivity contribution in [3.8, 4) is 11.4 Å². The third-order valence-corrected chi connectivity index (χ3v) is 11.7. The van der Waals surface area contributed by atoms with Crippen LogP contribution in [-0.4, -0.2) is 19.1 Å². The summed E-state index contributed by atoms with van der Waals surface area (Å²) in [5.41, 5.74) is 7.12. The van der Waals surface area contributed by atoms with E-state index in [0.29, 0.717) is 0 Å². The van der Waals surface area contributed by atoms with Gasteiger partial charge in [0.2, 0.25) is 0 Å². The zero-order valence-electron chi connectivity index (χ0n) is 24.3. The Balaban J connectivity index is 1.45. The van der Waals surface area contributed by atoms with Crippen LogP contribution in [-0.2, 0) is 0 Å². The topological polar surface area (TPSA) is 35.6 Å². The second kappa shape index (κ2) is 9.01. The van der Waals surface area contributed by atoms with Crippen molar-refractivity contribution in [2.45, 2.75) is 0 Å². The molecule has 0 radical (unpaired) electrons. The lowest BCUT2D eigenvalue weighted by Gasteiger charge is -2.11. The lowest BCUT2D eigenvalue weighted by Crippen LogP contribution is -1.95. The molecule has 0 aliphatic rings. The average Bonchev–Trinajstić information content (AvgIpc) is 3.86. The Morgan fingerprint density at radius 1 is 0.478 bits per heavy atom. The number of hydrogen-bond donors (Lipinski definition) is 0. The number of aromatic nitrogens is 4. The van der Waals surface area contributed by atoms with Crippen LogP contribution in [0, 0.1) is 0 Å². The number of hydrogen-bond acceptors (Lipinski definition) is 4. The van der Waals surface area contributed by atoms with E-state index in [4.69, 9.17) is 4.98 Å². The van der Waals surface area contributed by atoms with Crippen molar-refractivity contribution in [1.82, 2.24) is 19.1 Å². The van der Waals surface area contributed by atoms with Gasteiger partial charge < -0.3 is 9.13 Å². The van der Waals surface area contributed by atoms with Crippen molar-refractivity contribution in [1.29, 1.82) is 0 Å². The van der Waals surface area contributed by atoms with Crippen LogP contribution in [0.5, 0.6) is 0 Å². The van der Waals surface area contributed by atoms with E-state index in [2.05, 4.69) is 135 Å². The first-order chi connectivity index (χ1) is 22.8. The zero-order chi connectivity index (χ0) is 29.9. The molecule has 4 nitrogen and oxygen atoms in total. The maximum Gasteiger partial charge on any atom is 0.127 e. The largest absolute Gasteiger partial charge is 0.309 e. The van der Waals surface area contributed by atoms with Crippen LogP contribution >= 0.6 is 22.7 Å². The summed E-state index contributed by atoms with van der Waals surface area (Å²) in [7, 11) is 0. The summed E-state index contributed by atoms with van der Waals surface area (Å²) < 4.78 is 8.82. The summed E-state index contributed by atoms with van der Waals surface area (Å²) in [5, 5.41) is 9.91. The molecular formula is C40H22N4S2. The van der Waals surface area contributed by atoms with Crippen molar-refractivity contribution in [3.63, 3.8) is 0 Å². The Morgan fingerprint density at radius 3 is 1.98 bits per heavy atom. The van der Waals surface area contributed by atoms with E-state index in [0.717, 1.165) is 21.6 Å². The highest BCUT2D eigenvalue weighted by atomic mass is 32.1. The number of rotatable bonds is 2. The molecule has 0 fully saturated rings. The molecule has 0 aliphatic carbocycles. The van der Waals surface area contributed by atoms with Gasteiger partial charge in [0.15, 0.2) is 0 Å². The van der Waals surface area contributed by atoms with E-state index in [1.165, 1.54) is 73.9 Å². The Kier molecular flexibility index (Phi) is 4.84. The molecule has 46 heavy (non-hydrogen) atoms. The fraction of sp³-hybridized carbons (Fsp3) is 0. The number of para-hydroxylation sites is 3. The van der Waals surface area contributed by atoms with Crippen LogP contribution in [0.2, 0.25) is 0 Å². The summed E-state index contributed by atoms with van der Waals surface area (Å²) in [6.07, 6.45) is 3.67. The average molecular weight is 623 g/mol. The third-order valence-electron chi connectivity index (χ3n) is 9.46. The molecule has 5 aromatic heterocycles.